The van der Waals surface area contributed by atoms with Crippen LogP contribution < -0.4 is 20.9 Å². The maximum atomic E-state index is 12.5. The first-order valence-electron chi connectivity index (χ1n) is 11.0. The number of benzene rings is 3. The molecule has 4 N–H and O–H groups in total. The number of ether oxygens (including phenoxy) is 1. The molecule has 0 aliphatic carbocycles. The average Bonchev–Trinajstić information content (AvgIpc) is 3.38. The van der Waals surface area contributed by atoms with Gasteiger partial charge in [-0.2, -0.15) is 5.10 Å². The Morgan fingerprint density at radius 1 is 0.971 bits per heavy atom. The van der Waals surface area contributed by atoms with Gasteiger partial charge < -0.3 is 10.1 Å². The first kappa shape index (κ1) is 23.5. The van der Waals surface area contributed by atoms with Crippen LogP contribution in [0.25, 0.3) is 22.0 Å². The Kier molecular flexibility index (Phi) is 7.06. The number of nitrogens with one attached hydrogen (secondary N) is 4. The fraction of sp³-hybridized carbons (Fsp3) is 0.154. The zero-order chi connectivity index (χ0) is 24.8. The highest BCUT2D eigenvalue weighted by Crippen LogP contribution is 2.21. The maximum Gasteiger partial charge on any atom is 0.287 e. The molecule has 4 rings (SSSR count). The Morgan fingerprint density at radius 3 is 2.49 bits per heavy atom. The summed E-state index contributed by atoms with van der Waals surface area (Å²) in [7, 11) is 1.58. The number of rotatable bonds is 7. The van der Waals surface area contributed by atoms with Gasteiger partial charge in [-0.05, 0) is 53.6 Å². The van der Waals surface area contributed by atoms with Gasteiger partial charge in [0, 0.05) is 5.56 Å². The van der Waals surface area contributed by atoms with Gasteiger partial charge in [0.15, 0.2) is 0 Å². The first-order valence-corrected chi connectivity index (χ1v) is 11.0. The van der Waals surface area contributed by atoms with Crippen LogP contribution in [-0.4, -0.2) is 41.1 Å². The standard InChI is InChI=1S/C26H25N5O4/c1-16(27-24(32)14-19-8-5-7-17-6-3-4-9-21(17)19)25(33)30-31-26(34)23-15-22(28-29-23)18-10-12-20(35-2)13-11-18/h3-13,15-16H,14H2,1-2H3,(H,27,32)(H,28,29)(H,30,33)(H,31,34)/t16-/m1/s1. The summed E-state index contributed by atoms with van der Waals surface area (Å²) in [6.07, 6.45) is 0.133. The molecule has 1 aromatic heterocycles. The molecule has 4 aromatic rings. The Labute approximate surface area is 201 Å². The molecule has 9 nitrogen and oxygen atoms in total. The van der Waals surface area contributed by atoms with Gasteiger partial charge in [-0.3, -0.25) is 30.3 Å². The third-order valence-electron chi connectivity index (χ3n) is 5.51. The summed E-state index contributed by atoms with van der Waals surface area (Å²) in [6.45, 7) is 1.54. The van der Waals surface area contributed by atoms with E-state index in [0.717, 1.165) is 21.9 Å². The van der Waals surface area contributed by atoms with Crippen LogP contribution in [0.2, 0.25) is 0 Å². The zero-order valence-electron chi connectivity index (χ0n) is 19.3. The van der Waals surface area contributed by atoms with Crippen LogP contribution in [0.1, 0.15) is 23.0 Å². The number of H-pyrrole nitrogens is 1. The molecule has 0 saturated carbocycles. The molecule has 0 spiro atoms. The highest BCUT2D eigenvalue weighted by Gasteiger charge is 2.18. The number of carbonyl (C=O) groups is 3. The number of aromatic amines is 1. The second-order valence-corrected chi connectivity index (χ2v) is 7.94. The summed E-state index contributed by atoms with van der Waals surface area (Å²) in [5.74, 6) is -0.712. The van der Waals surface area contributed by atoms with Gasteiger partial charge in [0.1, 0.15) is 17.5 Å². The first-order chi connectivity index (χ1) is 16.9. The lowest BCUT2D eigenvalue weighted by atomic mass is 10.0. The highest BCUT2D eigenvalue weighted by atomic mass is 16.5. The molecule has 3 amide bonds. The Balaban J connectivity index is 1.29. The normalized spacial score (nSPS) is 11.5. The maximum absolute atomic E-state index is 12.5. The third kappa shape index (κ3) is 5.64. The highest BCUT2D eigenvalue weighted by molar-refractivity contribution is 5.96. The van der Waals surface area contributed by atoms with Crippen molar-refractivity contribution in [2.24, 2.45) is 0 Å². The number of hydrogen-bond donors (Lipinski definition) is 4. The molecule has 0 aliphatic rings. The number of aromatic nitrogens is 2. The van der Waals surface area contributed by atoms with Crippen LogP contribution in [0.4, 0.5) is 0 Å². The number of fused-ring (bicyclic) bond motifs is 1. The minimum Gasteiger partial charge on any atom is -0.497 e. The second-order valence-electron chi connectivity index (χ2n) is 7.94. The van der Waals surface area contributed by atoms with Gasteiger partial charge in [-0.15, -0.1) is 0 Å². The van der Waals surface area contributed by atoms with Crippen molar-refractivity contribution in [2.75, 3.05) is 7.11 Å². The third-order valence-corrected chi connectivity index (χ3v) is 5.51. The summed E-state index contributed by atoms with van der Waals surface area (Å²) >= 11 is 0. The van der Waals surface area contributed by atoms with Crippen LogP contribution in [0, 0.1) is 0 Å². The summed E-state index contributed by atoms with van der Waals surface area (Å²) in [5.41, 5.74) is 7.06. The van der Waals surface area contributed by atoms with Crippen molar-refractivity contribution < 1.29 is 19.1 Å². The zero-order valence-corrected chi connectivity index (χ0v) is 19.3. The summed E-state index contributed by atoms with van der Waals surface area (Å²) < 4.78 is 5.13. The van der Waals surface area contributed by atoms with Crippen molar-refractivity contribution in [2.45, 2.75) is 19.4 Å². The lowest BCUT2D eigenvalue weighted by molar-refractivity contribution is -0.128. The average molecular weight is 472 g/mol. The molecule has 35 heavy (non-hydrogen) atoms. The molecule has 1 atom stereocenters. The molecule has 9 heteroatoms. The van der Waals surface area contributed by atoms with E-state index in [0.29, 0.717) is 11.4 Å². The van der Waals surface area contributed by atoms with Crippen molar-refractivity contribution in [3.05, 3.63) is 84.1 Å². The van der Waals surface area contributed by atoms with Crippen molar-refractivity contribution >= 4 is 28.5 Å². The molecule has 0 unspecified atom stereocenters. The van der Waals surface area contributed by atoms with E-state index < -0.39 is 17.9 Å². The fourth-order valence-electron chi connectivity index (χ4n) is 3.62. The summed E-state index contributed by atoms with van der Waals surface area (Å²) in [4.78, 5) is 37.3. The fourth-order valence-corrected chi connectivity index (χ4v) is 3.62. The Bertz CT molecular complexity index is 1360. The number of nitrogens with zero attached hydrogens (tertiary/aromatic N) is 1. The van der Waals surface area contributed by atoms with Crippen molar-refractivity contribution in [3.63, 3.8) is 0 Å². The number of hydrogen-bond acceptors (Lipinski definition) is 5. The molecular weight excluding hydrogens is 446 g/mol. The molecule has 1 heterocycles. The van der Waals surface area contributed by atoms with E-state index in [1.807, 2.05) is 54.6 Å². The molecule has 0 radical (unpaired) electrons. The van der Waals surface area contributed by atoms with Crippen molar-refractivity contribution in [3.8, 4) is 17.0 Å². The van der Waals surface area contributed by atoms with E-state index in [9.17, 15) is 14.4 Å². The summed E-state index contributed by atoms with van der Waals surface area (Å²) in [5, 5.41) is 11.5. The van der Waals surface area contributed by atoms with E-state index in [2.05, 4.69) is 26.4 Å². The smallest absolute Gasteiger partial charge is 0.287 e. The van der Waals surface area contributed by atoms with Gasteiger partial charge in [-0.1, -0.05) is 42.5 Å². The predicted octanol–water partition coefficient (Wildman–Crippen LogP) is 2.75. The largest absolute Gasteiger partial charge is 0.497 e. The van der Waals surface area contributed by atoms with Gasteiger partial charge in [-0.25, -0.2) is 0 Å². The molecule has 178 valence electrons. The van der Waals surface area contributed by atoms with E-state index in [4.69, 9.17) is 4.74 Å². The SMILES string of the molecule is COc1ccc(-c2cc(C(=O)NNC(=O)[C@@H](C)NC(=O)Cc3cccc4ccccc34)[nH]n2)cc1. The Hall–Kier alpha value is -4.66. The van der Waals surface area contributed by atoms with Gasteiger partial charge in [0.05, 0.1) is 19.2 Å². The molecule has 0 fully saturated rings. The van der Waals surface area contributed by atoms with E-state index in [-0.39, 0.29) is 18.0 Å². The minimum absolute atomic E-state index is 0.133. The van der Waals surface area contributed by atoms with E-state index in [1.165, 1.54) is 0 Å². The van der Waals surface area contributed by atoms with E-state index >= 15 is 0 Å². The molecule has 3 aromatic carbocycles. The van der Waals surface area contributed by atoms with Crippen molar-refractivity contribution in [1.29, 1.82) is 0 Å². The quantitative estimate of drug-likeness (QED) is 0.309. The second kappa shape index (κ2) is 10.5. The number of methoxy groups -OCH3 is 1. The number of hydrazine groups is 1. The molecule has 0 bridgehead atoms. The molecular formula is C26H25N5O4. The van der Waals surface area contributed by atoms with Crippen molar-refractivity contribution in [1.82, 2.24) is 26.4 Å². The predicted molar refractivity (Wildman–Crippen MR) is 131 cm³/mol. The monoisotopic (exact) mass is 471 g/mol. The van der Waals surface area contributed by atoms with Crippen LogP contribution in [0.5, 0.6) is 5.75 Å². The van der Waals surface area contributed by atoms with Crippen LogP contribution in [0.15, 0.2) is 72.8 Å². The number of amides is 3. The van der Waals surface area contributed by atoms with Gasteiger partial charge in [0.2, 0.25) is 5.91 Å². The minimum atomic E-state index is -0.852. The molecule has 0 saturated heterocycles. The van der Waals surface area contributed by atoms with Crippen LogP contribution >= 0.6 is 0 Å². The number of carbonyl (C=O) groups excluding carboxylic acids is 3. The lowest BCUT2D eigenvalue weighted by Gasteiger charge is -2.15. The van der Waals surface area contributed by atoms with Gasteiger partial charge in [0.25, 0.3) is 11.8 Å². The molecule has 0 aliphatic heterocycles. The van der Waals surface area contributed by atoms with Crippen LogP contribution in [0.3, 0.4) is 0 Å². The summed E-state index contributed by atoms with van der Waals surface area (Å²) in [6, 6.07) is 21.5. The van der Waals surface area contributed by atoms with Gasteiger partial charge >= 0.3 is 0 Å². The van der Waals surface area contributed by atoms with E-state index in [1.54, 1.807) is 32.2 Å². The Morgan fingerprint density at radius 2 is 1.71 bits per heavy atom. The van der Waals surface area contributed by atoms with Crippen LogP contribution in [-0.2, 0) is 16.0 Å². The lowest BCUT2D eigenvalue weighted by Crippen LogP contribution is -2.51. The topological polar surface area (TPSA) is 125 Å².